The highest BCUT2D eigenvalue weighted by atomic mass is 16.5. The van der Waals surface area contributed by atoms with Crippen LogP contribution in [0.25, 0.3) is 0 Å². The van der Waals surface area contributed by atoms with Crippen LogP contribution in [-0.4, -0.2) is 14.2 Å². The highest BCUT2D eigenvalue weighted by Crippen LogP contribution is 2.31. The van der Waals surface area contributed by atoms with Gasteiger partial charge in [0.15, 0.2) is 0 Å². The lowest BCUT2D eigenvalue weighted by Crippen LogP contribution is -2.07. The van der Waals surface area contributed by atoms with Crippen molar-refractivity contribution in [3.63, 3.8) is 0 Å². The molecule has 0 bridgehead atoms. The zero-order chi connectivity index (χ0) is 13.7. The number of hydrogen-bond donors (Lipinski definition) is 1. The van der Waals surface area contributed by atoms with Gasteiger partial charge in [-0.25, -0.2) is 0 Å². The molecule has 0 aliphatic rings. The molecule has 0 saturated carbocycles. The molecule has 3 nitrogen and oxygen atoms in total. The summed E-state index contributed by atoms with van der Waals surface area (Å²) in [5.41, 5.74) is 2.19. The fourth-order valence-electron chi connectivity index (χ4n) is 1.98. The van der Waals surface area contributed by atoms with Crippen molar-refractivity contribution in [2.24, 2.45) is 0 Å². The van der Waals surface area contributed by atoms with E-state index in [9.17, 15) is 0 Å². The Kier molecular flexibility index (Phi) is 4.29. The first-order valence-electron chi connectivity index (χ1n) is 6.28. The van der Waals surface area contributed by atoms with Gasteiger partial charge in [0.05, 0.1) is 19.9 Å². The largest absolute Gasteiger partial charge is 0.497 e. The van der Waals surface area contributed by atoms with Crippen molar-refractivity contribution in [1.29, 1.82) is 0 Å². The summed E-state index contributed by atoms with van der Waals surface area (Å²) < 4.78 is 10.6. The van der Waals surface area contributed by atoms with Crippen LogP contribution in [0.15, 0.2) is 48.5 Å². The summed E-state index contributed by atoms with van der Waals surface area (Å²) in [6.45, 7) is 2.12. The summed E-state index contributed by atoms with van der Waals surface area (Å²) in [7, 11) is 3.31. The Hall–Kier alpha value is -2.16. The van der Waals surface area contributed by atoms with E-state index in [0.29, 0.717) is 0 Å². The maximum Gasteiger partial charge on any atom is 0.145 e. The summed E-state index contributed by atoms with van der Waals surface area (Å²) in [6, 6.07) is 16.3. The predicted octanol–water partition coefficient (Wildman–Crippen LogP) is 3.88. The Morgan fingerprint density at radius 1 is 0.947 bits per heavy atom. The zero-order valence-electron chi connectivity index (χ0n) is 11.5. The molecular formula is C16H19NO2. The van der Waals surface area contributed by atoms with Crippen LogP contribution in [-0.2, 0) is 0 Å². The molecule has 1 unspecified atom stereocenters. The molecule has 0 saturated heterocycles. The second-order valence-corrected chi connectivity index (χ2v) is 4.34. The van der Waals surface area contributed by atoms with E-state index in [0.717, 1.165) is 17.2 Å². The topological polar surface area (TPSA) is 30.5 Å². The van der Waals surface area contributed by atoms with E-state index in [1.54, 1.807) is 14.2 Å². The number of benzene rings is 2. The first kappa shape index (κ1) is 13.3. The number of anilines is 1. The fraction of sp³-hybridized carbons (Fsp3) is 0.250. The van der Waals surface area contributed by atoms with Crippen LogP contribution in [0.2, 0.25) is 0 Å². The number of ether oxygens (including phenoxy) is 2. The van der Waals surface area contributed by atoms with Gasteiger partial charge in [0.25, 0.3) is 0 Å². The number of nitrogens with one attached hydrogen (secondary N) is 1. The third-order valence-electron chi connectivity index (χ3n) is 3.08. The number of rotatable bonds is 5. The summed E-state index contributed by atoms with van der Waals surface area (Å²) in [5, 5.41) is 3.45. The molecule has 0 amide bonds. The molecule has 19 heavy (non-hydrogen) atoms. The normalized spacial score (nSPS) is 11.7. The average Bonchev–Trinajstić information content (AvgIpc) is 2.48. The second-order valence-electron chi connectivity index (χ2n) is 4.34. The van der Waals surface area contributed by atoms with Crippen molar-refractivity contribution >= 4 is 5.69 Å². The van der Waals surface area contributed by atoms with Gasteiger partial charge in [0.2, 0.25) is 0 Å². The molecular weight excluding hydrogens is 238 g/mol. The molecule has 0 aliphatic heterocycles. The van der Waals surface area contributed by atoms with E-state index in [4.69, 9.17) is 9.47 Å². The Labute approximate surface area is 114 Å². The third kappa shape index (κ3) is 3.19. The van der Waals surface area contributed by atoms with Crippen molar-refractivity contribution in [2.75, 3.05) is 19.5 Å². The molecule has 0 aliphatic carbocycles. The van der Waals surface area contributed by atoms with E-state index >= 15 is 0 Å². The smallest absolute Gasteiger partial charge is 0.145 e. The lowest BCUT2D eigenvalue weighted by atomic mass is 10.1. The Bertz CT molecular complexity index is 526. The Morgan fingerprint density at radius 2 is 1.68 bits per heavy atom. The van der Waals surface area contributed by atoms with Crippen LogP contribution in [0.4, 0.5) is 5.69 Å². The molecule has 2 aromatic carbocycles. The van der Waals surface area contributed by atoms with E-state index in [1.165, 1.54) is 5.56 Å². The molecule has 1 atom stereocenters. The summed E-state index contributed by atoms with van der Waals surface area (Å²) >= 11 is 0. The zero-order valence-corrected chi connectivity index (χ0v) is 11.5. The average molecular weight is 257 g/mol. The first-order chi connectivity index (χ1) is 9.24. The van der Waals surface area contributed by atoms with Gasteiger partial charge >= 0.3 is 0 Å². The van der Waals surface area contributed by atoms with Crippen LogP contribution in [0, 0.1) is 0 Å². The minimum Gasteiger partial charge on any atom is -0.497 e. The van der Waals surface area contributed by atoms with Crippen LogP contribution >= 0.6 is 0 Å². The predicted molar refractivity (Wildman–Crippen MR) is 78.0 cm³/mol. The van der Waals surface area contributed by atoms with Crippen LogP contribution < -0.4 is 14.8 Å². The molecule has 100 valence electrons. The van der Waals surface area contributed by atoms with Gasteiger partial charge in [-0.3, -0.25) is 0 Å². The van der Waals surface area contributed by atoms with Gasteiger partial charge in [0, 0.05) is 12.1 Å². The minimum atomic E-state index is 0.212. The maximum atomic E-state index is 5.38. The monoisotopic (exact) mass is 257 g/mol. The second kappa shape index (κ2) is 6.14. The third-order valence-corrected chi connectivity index (χ3v) is 3.08. The Balaban J connectivity index is 2.19. The molecule has 2 aromatic rings. The highest BCUT2D eigenvalue weighted by Gasteiger charge is 2.09. The van der Waals surface area contributed by atoms with Gasteiger partial charge < -0.3 is 14.8 Å². The van der Waals surface area contributed by atoms with Crippen molar-refractivity contribution < 1.29 is 9.47 Å². The molecule has 0 heterocycles. The highest BCUT2D eigenvalue weighted by molar-refractivity contribution is 5.60. The van der Waals surface area contributed by atoms with Crippen molar-refractivity contribution in [2.45, 2.75) is 13.0 Å². The summed E-state index contributed by atoms with van der Waals surface area (Å²) in [5.74, 6) is 1.57. The van der Waals surface area contributed by atoms with E-state index < -0.39 is 0 Å². The molecule has 3 heteroatoms. The standard InChI is InChI=1S/C16H19NO2/c1-12(13-7-5-4-6-8-13)17-15-10-9-14(18-2)11-16(15)19-3/h4-12,17H,1-3H3. The summed E-state index contributed by atoms with van der Waals surface area (Å²) in [4.78, 5) is 0. The molecule has 0 fully saturated rings. The van der Waals surface area contributed by atoms with Crippen molar-refractivity contribution in [1.82, 2.24) is 0 Å². The van der Waals surface area contributed by atoms with E-state index in [-0.39, 0.29) is 6.04 Å². The lowest BCUT2D eigenvalue weighted by molar-refractivity contribution is 0.395. The number of hydrogen-bond acceptors (Lipinski definition) is 3. The molecule has 0 spiro atoms. The summed E-state index contributed by atoms with van der Waals surface area (Å²) in [6.07, 6.45) is 0. The first-order valence-corrected chi connectivity index (χ1v) is 6.28. The molecule has 2 rings (SSSR count). The minimum absolute atomic E-state index is 0.212. The SMILES string of the molecule is COc1ccc(NC(C)c2ccccc2)c(OC)c1. The number of methoxy groups -OCH3 is 2. The van der Waals surface area contributed by atoms with Crippen LogP contribution in [0.3, 0.4) is 0 Å². The fourth-order valence-corrected chi connectivity index (χ4v) is 1.98. The Morgan fingerprint density at radius 3 is 2.32 bits per heavy atom. The molecule has 1 N–H and O–H groups in total. The van der Waals surface area contributed by atoms with Gasteiger partial charge in [-0.05, 0) is 24.6 Å². The van der Waals surface area contributed by atoms with E-state index in [1.807, 2.05) is 36.4 Å². The van der Waals surface area contributed by atoms with Crippen molar-refractivity contribution in [3.05, 3.63) is 54.1 Å². The molecule has 0 aromatic heterocycles. The van der Waals surface area contributed by atoms with Crippen LogP contribution in [0.1, 0.15) is 18.5 Å². The van der Waals surface area contributed by atoms with Gasteiger partial charge in [-0.1, -0.05) is 30.3 Å². The van der Waals surface area contributed by atoms with Gasteiger partial charge in [-0.15, -0.1) is 0 Å². The van der Waals surface area contributed by atoms with Gasteiger partial charge in [-0.2, -0.15) is 0 Å². The lowest BCUT2D eigenvalue weighted by Gasteiger charge is -2.18. The van der Waals surface area contributed by atoms with Gasteiger partial charge in [0.1, 0.15) is 11.5 Å². The van der Waals surface area contributed by atoms with E-state index in [2.05, 4.69) is 24.4 Å². The van der Waals surface area contributed by atoms with Crippen LogP contribution in [0.5, 0.6) is 11.5 Å². The quantitative estimate of drug-likeness (QED) is 0.881. The molecule has 0 radical (unpaired) electrons. The maximum absolute atomic E-state index is 5.38. The van der Waals surface area contributed by atoms with Crippen molar-refractivity contribution in [3.8, 4) is 11.5 Å².